The molecule has 140 valence electrons. The number of halogens is 3. The van der Waals surface area contributed by atoms with Crippen LogP contribution in [0.5, 0.6) is 5.88 Å². The van der Waals surface area contributed by atoms with Gasteiger partial charge in [0.1, 0.15) is 0 Å². The molecule has 0 aliphatic carbocycles. The van der Waals surface area contributed by atoms with Crippen molar-refractivity contribution in [1.29, 1.82) is 0 Å². The van der Waals surface area contributed by atoms with Crippen LogP contribution in [-0.4, -0.2) is 30.9 Å². The molecule has 26 heavy (non-hydrogen) atoms. The number of nitrogens with zero attached hydrogens (tertiary/aromatic N) is 1. The number of alkyl halides is 3. The third-order valence-corrected chi connectivity index (χ3v) is 3.16. The summed E-state index contributed by atoms with van der Waals surface area (Å²) in [5.41, 5.74) is 2.27. The Hall–Kier alpha value is -2.81. The molecule has 1 aromatic heterocycles. The van der Waals surface area contributed by atoms with Crippen molar-refractivity contribution >= 4 is 11.7 Å². The minimum atomic E-state index is -4.43. The summed E-state index contributed by atoms with van der Waals surface area (Å²) in [5.74, 6) is -0.176. The Labute approximate surface area is 148 Å². The molecule has 0 radical (unpaired) electrons. The second-order valence-electron chi connectivity index (χ2n) is 5.35. The van der Waals surface area contributed by atoms with Gasteiger partial charge in [0, 0.05) is 19.7 Å². The fourth-order valence-corrected chi connectivity index (χ4v) is 1.97. The van der Waals surface area contributed by atoms with E-state index in [1.54, 1.807) is 7.11 Å². The van der Waals surface area contributed by atoms with Crippen LogP contribution in [0, 0.1) is 0 Å². The number of aromatic nitrogens is 1. The molecule has 2 aromatic rings. The van der Waals surface area contributed by atoms with Crippen molar-refractivity contribution in [3.8, 4) is 5.88 Å². The fraction of sp³-hybridized carbons (Fsp3) is 0.294. The van der Waals surface area contributed by atoms with Crippen molar-refractivity contribution in [3.63, 3.8) is 0 Å². The van der Waals surface area contributed by atoms with Crippen LogP contribution in [0.15, 0.2) is 42.6 Å². The largest absolute Gasteiger partial charge is 0.468 e. The standard InChI is InChI=1S/C17H18F3N3O3/c1-25-10-13-4-2-12(3-5-13)8-22-16(24)23-14-6-7-15(21-9-14)26-11-17(18,19)20/h2-7,9H,8,10-11H2,1H3,(H2,22,23,24). The molecule has 2 amide bonds. The Morgan fingerprint density at radius 3 is 2.38 bits per heavy atom. The first-order valence-electron chi connectivity index (χ1n) is 7.63. The number of benzene rings is 1. The molecule has 0 saturated heterocycles. The van der Waals surface area contributed by atoms with Crippen LogP contribution in [0.2, 0.25) is 0 Å². The Kier molecular flexibility index (Phi) is 6.79. The molecule has 0 spiro atoms. The number of urea groups is 1. The molecule has 0 atom stereocenters. The van der Waals surface area contributed by atoms with E-state index in [1.807, 2.05) is 24.3 Å². The number of anilines is 1. The maximum absolute atomic E-state index is 12.1. The van der Waals surface area contributed by atoms with Gasteiger partial charge in [-0.25, -0.2) is 9.78 Å². The molecule has 0 fully saturated rings. The van der Waals surface area contributed by atoms with Crippen molar-refractivity contribution in [2.45, 2.75) is 19.3 Å². The van der Waals surface area contributed by atoms with Crippen LogP contribution in [0.4, 0.5) is 23.7 Å². The quantitative estimate of drug-likeness (QED) is 0.784. The van der Waals surface area contributed by atoms with E-state index in [1.165, 1.54) is 18.3 Å². The van der Waals surface area contributed by atoms with Crippen LogP contribution in [-0.2, 0) is 17.9 Å². The van der Waals surface area contributed by atoms with E-state index in [4.69, 9.17) is 4.74 Å². The zero-order chi connectivity index (χ0) is 19.0. The lowest BCUT2D eigenvalue weighted by Gasteiger charge is -2.10. The lowest BCUT2D eigenvalue weighted by atomic mass is 10.1. The Balaban J connectivity index is 1.78. The number of rotatable bonds is 7. The summed E-state index contributed by atoms with van der Waals surface area (Å²) in [6, 6.07) is 9.75. The Morgan fingerprint density at radius 2 is 1.81 bits per heavy atom. The number of hydrogen-bond donors (Lipinski definition) is 2. The van der Waals surface area contributed by atoms with Crippen molar-refractivity contribution in [3.05, 3.63) is 53.7 Å². The van der Waals surface area contributed by atoms with Crippen molar-refractivity contribution in [1.82, 2.24) is 10.3 Å². The smallest absolute Gasteiger partial charge is 0.422 e. The highest BCUT2D eigenvalue weighted by molar-refractivity contribution is 5.88. The number of carbonyl (C=O) groups is 1. The summed E-state index contributed by atoms with van der Waals surface area (Å²) in [4.78, 5) is 15.6. The van der Waals surface area contributed by atoms with E-state index in [2.05, 4.69) is 20.4 Å². The van der Waals surface area contributed by atoms with Gasteiger partial charge in [-0.2, -0.15) is 13.2 Å². The third kappa shape index (κ3) is 6.98. The van der Waals surface area contributed by atoms with Gasteiger partial charge < -0.3 is 20.1 Å². The van der Waals surface area contributed by atoms with Crippen LogP contribution < -0.4 is 15.4 Å². The minimum Gasteiger partial charge on any atom is -0.468 e. The second kappa shape index (κ2) is 9.04. The normalized spacial score (nSPS) is 11.1. The van der Waals surface area contributed by atoms with E-state index in [0.717, 1.165) is 11.1 Å². The first-order valence-corrected chi connectivity index (χ1v) is 7.63. The molecular formula is C17H18F3N3O3. The number of hydrogen-bond acceptors (Lipinski definition) is 4. The fourth-order valence-electron chi connectivity index (χ4n) is 1.97. The number of pyridine rings is 1. The lowest BCUT2D eigenvalue weighted by molar-refractivity contribution is -0.154. The van der Waals surface area contributed by atoms with E-state index in [9.17, 15) is 18.0 Å². The molecule has 0 aliphatic heterocycles. The highest BCUT2D eigenvalue weighted by atomic mass is 19.4. The molecule has 9 heteroatoms. The van der Waals surface area contributed by atoms with Gasteiger partial charge in [0.15, 0.2) is 6.61 Å². The Morgan fingerprint density at radius 1 is 1.12 bits per heavy atom. The summed E-state index contributed by atoms with van der Waals surface area (Å²) in [7, 11) is 1.61. The van der Waals surface area contributed by atoms with E-state index >= 15 is 0 Å². The highest BCUT2D eigenvalue weighted by Crippen LogP contribution is 2.18. The zero-order valence-corrected chi connectivity index (χ0v) is 14.0. The molecule has 2 rings (SSSR count). The highest BCUT2D eigenvalue weighted by Gasteiger charge is 2.28. The molecule has 0 saturated carbocycles. The predicted molar refractivity (Wildman–Crippen MR) is 88.8 cm³/mol. The van der Waals surface area contributed by atoms with Gasteiger partial charge in [-0.15, -0.1) is 0 Å². The van der Waals surface area contributed by atoms with Crippen molar-refractivity contribution in [2.75, 3.05) is 19.0 Å². The maximum atomic E-state index is 12.1. The number of carbonyl (C=O) groups excluding carboxylic acids is 1. The molecule has 2 N–H and O–H groups in total. The van der Waals surface area contributed by atoms with E-state index < -0.39 is 18.8 Å². The topological polar surface area (TPSA) is 72.5 Å². The van der Waals surface area contributed by atoms with Gasteiger partial charge in [-0.3, -0.25) is 0 Å². The number of ether oxygens (including phenoxy) is 2. The van der Waals surface area contributed by atoms with Crippen molar-refractivity contribution < 1.29 is 27.4 Å². The summed E-state index contributed by atoms with van der Waals surface area (Å²) in [5, 5.41) is 5.20. The number of amides is 2. The van der Waals surface area contributed by atoms with Crippen LogP contribution in [0.1, 0.15) is 11.1 Å². The molecule has 0 aliphatic rings. The maximum Gasteiger partial charge on any atom is 0.422 e. The summed E-state index contributed by atoms with van der Waals surface area (Å²) in [6.45, 7) is -0.584. The van der Waals surface area contributed by atoms with Gasteiger partial charge in [-0.05, 0) is 17.2 Å². The van der Waals surface area contributed by atoms with Crippen LogP contribution >= 0.6 is 0 Å². The average molecular weight is 369 g/mol. The third-order valence-electron chi connectivity index (χ3n) is 3.16. The first-order chi connectivity index (χ1) is 12.4. The zero-order valence-electron chi connectivity index (χ0n) is 14.0. The van der Waals surface area contributed by atoms with E-state index in [0.29, 0.717) is 18.8 Å². The molecule has 1 heterocycles. The predicted octanol–water partition coefficient (Wildman–Crippen LogP) is 3.49. The lowest BCUT2D eigenvalue weighted by Crippen LogP contribution is -2.28. The number of nitrogens with one attached hydrogen (secondary N) is 2. The monoisotopic (exact) mass is 369 g/mol. The van der Waals surface area contributed by atoms with Gasteiger partial charge >= 0.3 is 12.2 Å². The van der Waals surface area contributed by atoms with Crippen LogP contribution in [0.25, 0.3) is 0 Å². The summed E-state index contributed by atoms with van der Waals surface area (Å²) >= 11 is 0. The first kappa shape index (κ1) is 19.5. The molecular weight excluding hydrogens is 351 g/mol. The second-order valence-corrected chi connectivity index (χ2v) is 5.35. The summed E-state index contributed by atoms with van der Waals surface area (Å²) in [6.07, 6.45) is -3.22. The molecule has 0 unspecified atom stereocenters. The number of methoxy groups -OCH3 is 1. The molecule has 1 aromatic carbocycles. The van der Waals surface area contributed by atoms with Crippen LogP contribution in [0.3, 0.4) is 0 Å². The molecule has 6 nitrogen and oxygen atoms in total. The van der Waals surface area contributed by atoms with E-state index in [-0.39, 0.29) is 5.88 Å². The van der Waals surface area contributed by atoms with Crippen molar-refractivity contribution in [2.24, 2.45) is 0 Å². The van der Waals surface area contributed by atoms with Gasteiger partial charge in [0.05, 0.1) is 18.5 Å². The summed E-state index contributed by atoms with van der Waals surface area (Å²) < 4.78 is 45.7. The minimum absolute atomic E-state index is 0.176. The van der Waals surface area contributed by atoms with Gasteiger partial charge in [0.25, 0.3) is 0 Å². The molecule has 0 bridgehead atoms. The average Bonchev–Trinajstić information content (AvgIpc) is 2.60. The van der Waals surface area contributed by atoms with Gasteiger partial charge in [0.2, 0.25) is 5.88 Å². The SMILES string of the molecule is COCc1ccc(CNC(=O)Nc2ccc(OCC(F)(F)F)nc2)cc1. The Bertz CT molecular complexity index is 704. The van der Waals surface area contributed by atoms with Gasteiger partial charge in [-0.1, -0.05) is 24.3 Å².